The third kappa shape index (κ3) is 2.06. The Morgan fingerprint density at radius 3 is 2.57 bits per heavy atom. The van der Waals surface area contributed by atoms with Gasteiger partial charge in [-0.1, -0.05) is 0 Å². The summed E-state index contributed by atoms with van der Waals surface area (Å²) in [4.78, 5) is 13.5. The van der Waals surface area contributed by atoms with Crippen molar-refractivity contribution in [1.82, 2.24) is 10.2 Å². The average Bonchev–Trinajstić information content (AvgIpc) is 2.65. The maximum Gasteiger partial charge on any atom is 0.237 e. The molecule has 3 nitrogen and oxygen atoms in total. The fourth-order valence-corrected chi connectivity index (χ4v) is 3.14. The van der Waals surface area contributed by atoms with Crippen LogP contribution in [0.5, 0.6) is 0 Å². The molecule has 2 aliphatic rings. The third-order valence-corrected chi connectivity index (χ3v) is 4.43. The predicted molar refractivity (Wildman–Crippen MR) is 59.3 cm³/mol. The lowest BCUT2D eigenvalue weighted by atomic mass is 9.94. The van der Waals surface area contributed by atoms with E-state index in [0.29, 0.717) is 12.6 Å². The summed E-state index contributed by atoms with van der Waals surface area (Å²) in [6.07, 6.45) is 7.12. The van der Waals surface area contributed by atoms with Crippen LogP contribution in [-0.4, -0.2) is 41.6 Å². The maximum absolute atomic E-state index is 11.5. The van der Waals surface area contributed by atoms with Gasteiger partial charge >= 0.3 is 0 Å². The van der Waals surface area contributed by atoms with Gasteiger partial charge in [-0.05, 0) is 31.9 Å². The van der Waals surface area contributed by atoms with Gasteiger partial charge in [0.2, 0.25) is 5.91 Å². The number of rotatable bonds is 2. The third-order valence-electron chi connectivity index (χ3n) is 3.30. The molecule has 1 amide bonds. The van der Waals surface area contributed by atoms with Crippen molar-refractivity contribution in [2.45, 2.75) is 37.0 Å². The topological polar surface area (TPSA) is 32.3 Å². The summed E-state index contributed by atoms with van der Waals surface area (Å²) in [5.41, 5.74) is 0. The van der Waals surface area contributed by atoms with Crippen LogP contribution < -0.4 is 5.32 Å². The summed E-state index contributed by atoms with van der Waals surface area (Å²) in [5.74, 6) is 0.289. The molecule has 2 fully saturated rings. The van der Waals surface area contributed by atoms with Gasteiger partial charge in [0.1, 0.15) is 0 Å². The maximum atomic E-state index is 11.5. The number of hydrogen-bond acceptors (Lipinski definition) is 3. The van der Waals surface area contributed by atoms with Crippen LogP contribution in [0.25, 0.3) is 0 Å². The smallest absolute Gasteiger partial charge is 0.237 e. The first-order valence-corrected chi connectivity index (χ1v) is 6.63. The summed E-state index contributed by atoms with van der Waals surface area (Å²) in [7, 11) is 0. The van der Waals surface area contributed by atoms with Gasteiger partial charge in [-0.25, -0.2) is 0 Å². The normalized spacial score (nSPS) is 33.8. The first-order valence-electron chi connectivity index (χ1n) is 5.34. The lowest BCUT2D eigenvalue weighted by molar-refractivity contribution is -0.129. The fraction of sp³-hybridized carbons (Fsp3) is 0.900. The zero-order valence-electron chi connectivity index (χ0n) is 8.66. The molecule has 0 atom stereocenters. The lowest BCUT2D eigenvalue weighted by Crippen LogP contribution is -2.40. The summed E-state index contributed by atoms with van der Waals surface area (Å²) in [6, 6.07) is 0.515. The van der Waals surface area contributed by atoms with Crippen LogP contribution in [0.4, 0.5) is 0 Å². The molecule has 14 heavy (non-hydrogen) atoms. The number of carbonyl (C=O) groups is 1. The van der Waals surface area contributed by atoms with Crippen molar-refractivity contribution in [3.05, 3.63) is 0 Å². The van der Waals surface area contributed by atoms with Crippen LogP contribution in [0.3, 0.4) is 0 Å². The van der Waals surface area contributed by atoms with Crippen molar-refractivity contribution < 1.29 is 4.79 Å². The highest BCUT2D eigenvalue weighted by molar-refractivity contribution is 7.99. The first-order chi connectivity index (χ1) is 6.81. The quantitative estimate of drug-likeness (QED) is 0.746. The van der Waals surface area contributed by atoms with Gasteiger partial charge in [0.25, 0.3) is 0 Å². The Balaban J connectivity index is 1.85. The Bertz CT molecular complexity index is 214. The van der Waals surface area contributed by atoms with E-state index in [0.717, 1.165) is 11.9 Å². The summed E-state index contributed by atoms with van der Waals surface area (Å²) in [5, 5.41) is 3.95. The van der Waals surface area contributed by atoms with E-state index in [2.05, 4.69) is 11.6 Å². The van der Waals surface area contributed by atoms with Crippen molar-refractivity contribution in [2.75, 3.05) is 19.5 Å². The van der Waals surface area contributed by atoms with Gasteiger partial charge in [-0.2, -0.15) is 11.8 Å². The minimum Gasteiger partial charge on any atom is -0.326 e. The van der Waals surface area contributed by atoms with Gasteiger partial charge in [-0.15, -0.1) is 0 Å². The molecule has 1 saturated carbocycles. The van der Waals surface area contributed by atoms with E-state index in [-0.39, 0.29) is 5.91 Å². The zero-order valence-corrected chi connectivity index (χ0v) is 9.48. The SMILES string of the molecule is CSC1CCC(N2CNCC2=O)CC1. The Labute approximate surface area is 89.6 Å². The van der Waals surface area contributed by atoms with Gasteiger partial charge in [-0.3, -0.25) is 10.1 Å². The van der Waals surface area contributed by atoms with Crippen LogP contribution in [0.15, 0.2) is 0 Å². The van der Waals surface area contributed by atoms with E-state index in [1.54, 1.807) is 0 Å². The van der Waals surface area contributed by atoms with Crippen LogP contribution in [0.1, 0.15) is 25.7 Å². The molecule has 0 bridgehead atoms. The van der Waals surface area contributed by atoms with Crippen molar-refractivity contribution in [3.63, 3.8) is 0 Å². The second-order valence-electron chi connectivity index (χ2n) is 4.11. The predicted octanol–water partition coefficient (Wildman–Crippen LogP) is 1.05. The molecule has 0 unspecified atom stereocenters. The van der Waals surface area contributed by atoms with Crippen LogP contribution in [0, 0.1) is 0 Å². The van der Waals surface area contributed by atoms with Gasteiger partial charge in [0.15, 0.2) is 0 Å². The average molecular weight is 214 g/mol. The molecule has 1 aliphatic carbocycles. The number of thioether (sulfide) groups is 1. The van der Waals surface area contributed by atoms with Crippen LogP contribution >= 0.6 is 11.8 Å². The van der Waals surface area contributed by atoms with E-state index in [1.807, 2.05) is 16.7 Å². The zero-order chi connectivity index (χ0) is 9.97. The van der Waals surface area contributed by atoms with Crippen molar-refractivity contribution >= 4 is 17.7 Å². The minimum atomic E-state index is 0.289. The van der Waals surface area contributed by atoms with Crippen molar-refractivity contribution in [2.24, 2.45) is 0 Å². The molecule has 1 aliphatic heterocycles. The van der Waals surface area contributed by atoms with E-state index in [9.17, 15) is 4.79 Å². The lowest BCUT2D eigenvalue weighted by Gasteiger charge is -2.33. The Morgan fingerprint density at radius 1 is 1.36 bits per heavy atom. The molecule has 1 heterocycles. The molecule has 80 valence electrons. The second-order valence-corrected chi connectivity index (χ2v) is 5.25. The standard InChI is InChI=1S/C10H18N2OS/c1-14-9-4-2-8(3-5-9)12-7-11-6-10(12)13/h8-9,11H,2-7H2,1H3. The molecule has 4 heteroatoms. The minimum absolute atomic E-state index is 0.289. The number of amides is 1. The van der Waals surface area contributed by atoms with E-state index in [1.165, 1.54) is 25.7 Å². The number of carbonyl (C=O) groups excluding carboxylic acids is 1. The molecule has 1 saturated heterocycles. The Morgan fingerprint density at radius 2 is 2.07 bits per heavy atom. The highest BCUT2D eigenvalue weighted by Crippen LogP contribution is 2.29. The molecule has 0 spiro atoms. The van der Waals surface area contributed by atoms with Crippen LogP contribution in [0.2, 0.25) is 0 Å². The monoisotopic (exact) mass is 214 g/mol. The van der Waals surface area contributed by atoms with E-state index < -0.39 is 0 Å². The molecule has 1 N–H and O–H groups in total. The molecule has 0 aromatic rings. The highest BCUT2D eigenvalue weighted by Gasteiger charge is 2.30. The molecular weight excluding hydrogens is 196 g/mol. The Kier molecular flexibility index (Phi) is 3.34. The molecule has 0 aromatic carbocycles. The number of nitrogens with zero attached hydrogens (tertiary/aromatic N) is 1. The van der Waals surface area contributed by atoms with E-state index in [4.69, 9.17) is 0 Å². The molecular formula is C10H18N2OS. The van der Waals surface area contributed by atoms with Gasteiger partial charge < -0.3 is 4.90 Å². The summed E-state index contributed by atoms with van der Waals surface area (Å²) < 4.78 is 0. The summed E-state index contributed by atoms with van der Waals surface area (Å²) >= 11 is 1.97. The molecule has 0 aromatic heterocycles. The van der Waals surface area contributed by atoms with Crippen molar-refractivity contribution in [3.8, 4) is 0 Å². The van der Waals surface area contributed by atoms with Crippen LogP contribution in [-0.2, 0) is 4.79 Å². The second kappa shape index (κ2) is 4.53. The number of hydrogen-bond donors (Lipinski definition) is 1. The number of nitrogens with one attached hydrogen (secondary N) is 1. The summed E-state index contributed by atoms with van der Waals surface area (Å²) in [6.45, 7) is 1.32. The largest absolute Gasteiger partial charge is 0.326 e. The Hall–Kier alpha value is -0.220. The van der Waals surface area contributed by atoms with Gasteiger partial charge in [0, 0.05) is 11.3 Å². The molecule has 2 rings (SSSR count). The fourth-order valence-electron chi connectivity index (χ4n) is 2.40. The molecule has 0 radical (unpaired) electrons. The van der Waals surface area contributed by atoms with Crippen molar-refractivity contribution in [1.29, 1.82) is 0 Å². The first kappa shape index (κ1) is 10.3. The van der Waals surface area contributed by atoms with E-state index >= 15 is 0 Å². The highest BCUT2D eigenvalue weighted by atomic mass is 32.2. The van der Waals surface area contributed by atoms with Gasteiger partial charge in [0.05, 0.1) is 13.2 Å².